The van der Waals surface area contributed by atoms with Crippen molar-refractivity contribution < 1.29 is 18.7 Å². The first-order valence-electron chi connectivity index (χ1n) is 11.7. The van der Waals surface area contributed by atoms with E-state index in [1.54, 1.807) is 45.2 Å². The van der Waals surface area contributed by atoms with E-state index < -0.39 is 12.0 Å². The van der Waals surface area contributed by atoms with Gasteiger partial charge < -0.3 is 13.9 Å². The van der Waals surface area contributed by atoms with Gasteiger partial charge in [-0.1, -0.05) is 41.1 Å². The van der Waals surface area contributed by atoms with E-state index >= 15 is 0 Å². The highest BCUT2D eigenvalue weighted by atomic mass is 79.9. The highest BCUT2D eigenvalue weighted by Gasteiger charge is 2.33. The molecular weight excluding hydrogens is 592 g/mol. The number of benzene rings is 2. The average molecular weight is 614 g/mol. The minimum absolute atomic E-state index is 0.201. The molecule has 0 spiro atoms. The number of ether oxygens (including phenoxy) is 2. The summed E-state index contributed by atoms with van der Waals surface area (Å²) < 4.78 is 19.4. The molecule has 0 amide bonds. The van der Waals surface area contributed by atoms with Crippen LogP contribution in [0.3, 0.4) is 0 Å². The molecule has 1 unspecified atom stereocenters. The van der Waals surface area contributed by atoms with Gasteiger partial charge in [0.1, 0.15) is 17.3 Å². The number of carbonyl (C=O) groups excluding carboxylic acids is 1. The first-order chi connectivity index (χ1) is 18.3. The maximum atomic E-state index is 13.8. The van der Waals surface area contributed by atoms with Crippen molar-refractivity contribution in [1.29, 1.82) is 0 Å². The zero-order chi connectivity index (χ0) is 27.0. The largest absolute Gasteiger partial charge is 0.496 e. The zero-order valence-corrected chi connectivity index (χ0v) is 23.8. The molecule has 1 aliphatic rings. The maximum absolute atomic E-state index is 13.8. The van der Waals surface area contributed by atoms with Gasteiger partial charge in [-0.3, -0.25) is 9.36 Å². The van der Waals surface area contributed by atoms with Crippen molar-refractivity contribution in [3.05, 3.63) is 106 Å². The lowest BCUT2D eigenvalue weighted by Gasteiger charge is -2.25. The SMILES string of the molecule is CCOC(=O)C1=C(C)N=c2s/c(=C\c3ccc(-c4cccc(Cl)c4)o3)c(=O)n2C1c1ccc(OC)c(Br)c1. The summed E-state index contributed by atoms with van der Waals surface area (Å²) in [6.07, 6.45) is 1.68. The van der Waals surface area contributed by atoms with Gasteiger partial charge >= 0.3 is 5.97 Å². The Labute approximate surface area is 235 Å². The number of furan rings is 1. The second-order valence-corrected chi connectivity index (χ2v) is 10.7. The Morgan fingerprint density at radius 3 is 2.76 bits per heavy atom. The highest BCUT2D eigenvalue weighted by molar-refractivity contribution is 9.10. The lowest BCUT2D eigenvalue weighted by atomic mass is 9.96. The molecule has 0 saturated heterocycles. The van der Waals surface area contributed by atoms with Crippen LogP contribution in [0.4, 0.5) is 0 Å². The lowest BCUT2D eigenvalue weighted by molar-refractivity contribution is -0.139. The third kappa shape index (κ3) is 4.89. The maximum Gasteiger partial charge on any atom is 0.338 e. The molecule has 2 aromatic carbocycles. The normalized spacial score (nSPS) is 15.3. The van der Waals surface area contributed by atoms with Crippen molar-refractivity contribution in [2.75, 3.05) is 13.7 Å². The summed E-state index contributed by atoms with van der Waals surface area (Å²) >= 11 is 10.9. The molecule has 0 saturated carbocycles. The van der Waals surface area contributed by atoms with Crippen LogP contribution >= 0.6 is 38.9 Å². The van der Waals surface area contributed by atoms with Crippen molar-refractivity contribution in [1.82, 2.24) is 4.57 Å². The fraction of sp³-hybridized carbons (Fsp3) is 0.179. The fourth-order valence-corrected chi connectivity index (χ4v) is 6.09. The molecule has 0 aliphatic carbocycles. The molecule has 1 aliphatic heterocycles. The monoisotopic (exact) mass is 612 g/mol. The summed E-state index contributed by atoms with van der Waals surface area (Å²) in [5.74, 6) is 1.26. The Morgan fingerprint density at radius 2 is 2.05 bits per heavy atom. The smallest absolute Gasteiger partial charge is 0.338 e. The average Bonchev–Trinajstić information content (AvgIpc) is 3.48. The molecule has 7 nitrogen and oxygen atoms in total. The van der Waals surface area contributed by atoms with Gasteiger partial charge in [-0.2, -0.15) is 0 Å². The number of allylic oxidation sites excluding steroid dienone is 1. The molecule has 5 rings (SSSR count). The number of halogens is 2. The van der Waals surface area contributed by atoms with E-state index in [0.29, 0.717) is 52.9 Å². The molecular formula is C28H22BrClN2O5S. The Morgan fingerprint density at radius 1 is 1.24 bits per heavy atom. The van der Waals surface area contributed by atoms with Crippen LogP contribution in [0.2, 0.25) is 5.02 Å². The van der Waals surface area contributed by atoms with Gasteiger partial charge in [0.15, 0.2) is 4.80 Å². The van der Waals surface area contributed by atoms with Crippen molar-refractivity contribution in [3.63, 3.8) is 0 Å². The quantitative estimate of drug-likeness (QED) is 0.269. The Balaban J connectivity index is 1.65. The number of carbonyl (C=O) groups is 1. The van der Waals surface area contributed by atoms with Crippen molar-refractivity contribution in [3.8, 4) is 17.1 Å². The lowest BCUT2D eigenvalue weighted by Crippen LogP contribution is -2.39. The van der Waals surface area contributed by atoms with Crippen LogP contribution in [0.25, 0.3) is 17.4 Å². The van der Waals surface area contributed by atoms with Crippen LogP contribution < -0.4 is 19.6 Å². The third-order valence-corrected chi connectivity index (χ3v) is 7.86. The molecule has 0 N–H and O–H groups in total. The number of nitrogens with zero attached hydrogens (tertiary/aromatic N) is 2. The zero-order valence-electron chi connectivity index (χ0n) is 20.7. The summed E-state index contributed by atoms with van der Waals surface area (Å²) in [6.45, 7) is 3.69. The second kappa shape index (κ2) is 10.8. The first kappa shape index (κ1) is 26.2. The van der Waals surface area contributed by atoms with Gasteiger partial charge in [-0.15, -0.1) is 0 Å². The highest BCUT2D eigenvalue weighted by Crippen LogP contribution is 2.35. The van der Waals surface area contributed by atoms with Gasteiger partial charge in [0, 0.05) is 16.7 Å². The minimum Gasteiger partial charge on any atom is -0.496 e. The van der Waals surface area contributed by atoms with Crippen LogP contribution in [0.5, 0.6) is 5.75 Å². The third-order valence-electron chi connectivity index (χ3n) is 6.02. The van der Waals surface area contributed by atoms with E-state index in [9.17, 15) is 9.59 Å². The summed E-state index contributed by atoms with van der Waals surface area (Å²) in [5, 5.41) is 0.603. The van der Waals surface area contributed by atoms with Crippen LogP contribution in [-0.2, 0) is 9.53 Å². The van der Waals surface area contributed by atoms with Gasteiger partial charge in [0.25, 0.3) is 5.56 Å². The number of esters is 1. The number of aromatic nitrogens is 1. The Bertz CT molecular complexity index is 1770. The van der Waals surface area contributed by atoms with E-state index in [2.05, 4.69) is 20.9 Å². The van der Waals surface area contributed by atoms with Gasteiger partial charge in [0.05, 0.1) is 40.0 Å². The van der Waals surface area contributed by atoms with E-state index in [1.165, 1.54) is 15.9 Å². The van der Waals surface area contributed by atoms with Crippen LogP contribution in [-0.4, -0.2) is 24.3 Å². The predicted octanol–water partition coefficient (Wildman–Crippen LogP) is 5.48. The number of fused-ring (bicyclic) bond motifs is 1. The number of hydrogen-bond donors (Lipinski definition) is 0. The summed E-state index contributed by atoms with van der Waals surface area (Å²) in [6, 6.07) is 15.7. The number of thiazole rings is 1. The van der Waals surface area contributed by atoms with Crippen molar-refractivity contribution in [2.24, 2.45) is 4.99 Å². The van der Waals surface area contributed by atoms with Crippen molar-refractivity contribution >= 4 is 50.9 Å². The predicted molar refractivity (Wildman–Crippen MR) is 150 cm³/mol. The molecule has 38 heavy (non-hydrogen) atoms. The number of rotatable bonds is 6. The Hall–Kier alpha value is -3.40. The fourth-order valence-electron chi connectivity index (χ4n) is 4.32. The van der Waals surface area contributed by atoms with E-state index in [1.807, 2.05) is 36.4 Å². The summed E-state index contributed by atoms with van der Waals surface area (Å²) in [5.41, 5.74) is 2.06. The van der Waals surface area contributed by atoms with Crippen LogP contribution in [0.15, 0.2) is 84.5 Å². The van der Waals surface area contributed by atoms with Crippen LogP contribution in [0, 0.1) is 0 Å². The van der Waals surface area contributed by atoms with Gasteiger partial charge in [-0.25, -0.2) is 9.79 Å². The van der Waals surface area contributed by atoms with E-state index in [4.69, 9.17) is 25.5 Å². The van der Waals surface area contributed by atoms with E-state index in [-0.39, 0.29) is 12.2 Å². The van der Waals surface area contributed by atoms with E-state index in [0.717, 1.165) is 5.56 Å². The number of methoxy groups -OCH3 is 1. The molecule has 0 bridgehead atoms. The topological polar surface area (TPSA) is 83.0 Å². The molecule has 194 valence electrons. The standard InChI is InChI=1S/C28H22BrClN2O5S/c1-4-36-27(34)24-15(2)31-28-32(25(24)17-8-10-22(35-3)20(29)13-17)26(33)23(38-28)14-19-9-11-21(37-19)16-6-5-7-18(30)12-16/h5-14,25H,4H2,1-3H3/b23-14-. The molecule has 3 heterocycles. The molecule has 1 atom stereocenters. The number of hydrogen-bond acceptors (Lipinski definition) is 7. The van der Waals surface area contributed by atoms with Gasteiger partial charge in [-0.05, 0) is 71.7 Å². The first-order valence-corrected chi connectivity index (χ1v) is 13.7. The van der Waals surface area contributed by atoms with Crippen molar-refractivity contribution in [2.45, 2.75) is 19.9 Å². The molecule has 0 radical (unpaired) electrons. The Kier molecular flexibility index (Phi) is 7.43. The molecule has 4 aromatic rings. The summed E-state index contributed by atoms with van der Waals surface area (Å²) in [7, 11) is 1.57. The molecule has 0 fully saturated rings. The molecule has 2 aromatic heterocycles. The second-order valence-electron chi connectivity index (χ2n) is 8.41. The van der Waals surface area contributed by atoms with Gasteiger partial charge in [0.2, 0.25) is 0 Å². The minimum atomic E-state index is -0.728. The molecule has 10 heteroatoms. The summed E-state index contributed by atoms with van der Waals surface area (Å²) in [4.78, 5) is 31.9. The van der Waals surface area contributed by atoms with Crippen LogP contribution in [0.1, 0.15) is 31.2 Å².